The van der Waals surface area contributed by atoms with E-state index in [2.05, 4.69) is 12.2 Å². The molecule has 3 rings (SSSR count). The summed E-state index contributed by atoms with van der Waals surface area (Å²) in [6.07, 6.45) is 2.83. The summed E-state index contributed by atoms with van der Waals surface area (Å²) in [4.78, 5) is 25.2. The Bertz CT molecular complexity index is 924. The Balaban J connectivity index is 1.66. The molecule has 1 aliphatic carbocycles. The van der Waals surface area contributed by atoms with E-state index in [0.29, 0.717) is 5.92 Å². The molecule has 1 N–H and O–H groups in total. The Morgan fingerprint density at radius 1 is 1.12 bits per heavy atom. The van der Waals surface area contributed by atoms with Gasteiger partial charge in [0.25, 0.3) is 5.91 Å². The quantitative estimate of drug-likeness (QED) is 0.647. The molecule has 1 aromatic carbocycles. The summed E-state index contributed by atoms with van der Waals surface area (Å²) in [6.45, 7) is 7.79. The number of carbonyl (C=O) groups is 2. The number of rotatable bonds is 6. The number of carbonyl (C=O) groups excluding carboxylic acids is 2. The van der Waals surface area contributed by atoms with Gasteiger partial charge in [0.15, 0.2) is 6.10 Å². The van der Waals surface area contributed by atoms with Crippen molar-refractivity contribution < 1.29 is 27.5 Å². The first-order chi connectivity index (χ1) is 15.1. The molecule has 1 amide bonds. The van der Waals surface area contributed by atoms with Crippen molar-refractivity contribution in [2.45, 2.75) is 82.6 Å². The third-order valence-corrected chi connectivity index (χ3v) is 8.01. The predicted molar refractivity (Wildman–Crippen MR) is 120 cm³/mol. The first kappa shape index (κ1) is 24.7. The monoisotopic (exact) mass is 466 g/mol. The molecule has 1 heterocycles. The Labute approximate surface area is 190 Å². The summed E-state index contributed by atoms with van der Waals surface area (Å²) in [5, 5.41) is 2.98. The molecule has 2 aliphatic rings. The van der Waals surface area contributed by atoms with E-state index in [-0.39, 0.29) is 47.7 Å². The second-order valence-electron chi connectivity index (χ2n) is 9.03. The van der Waals surface area contributed by atoms with Gasteiger partial charge < -0.3 is 14.8 Å². The molecule has 0 bridgehead atoms. The normalized spacial score (nSPS) is 28.0. The van der Waals surface area contributed by atoms with Crippen molar-refractivity contribution in [1.82, 2.24) is 9.62 Å². The molecule has 178 valence electrons. The fourth-order valence-electron chi connectivity index (χ4n) is 4.37. The number of hydrogen-bond acceptors (Lipinski definition) is 6. The summed E-state index contributed by atoms with van der Waals surface area (Å²) in [6, 6.07) is 5.84. The van der Waals surface area contributed by atoms with Gasteiger partial charge in [0.2, 0.25) is 10.0 Å². The highest BCUT2D eigenvalue weighted by Crippen LogP contribution is 2.24. The van der Waals surface area contributed by atoms with Crippen LogP contribution in [0.15, 0.2) is 29.2 Å². The van der Waals surface area contributed by atoms with Crippen LogP contribution in [0.1, 0.15) is 63.7 Å². The van der Waals surface area contributed by atoms with E-state index in [4.69, 9.17) is 9.47 Å². The molecule has 0 spiro atoms. The summed E-state index contributed by atoms with van der Waals surface area (Å²) in [5.41, 5.74) is 0.0890. The highest BCUT2D eigenvalue weighted by Gasteiger charge is 2.33. The van der Waals surface area contributed by atoms with Gasteiger partial charge >= 0.3 is 5.97 Å². The minimum absolute atomic E-state index is 0.0152. The number of sulfonamides is 1. The number of esters is 1. The van der Waals surface area contributed by atoms with Gasteiger partial charge in [0, 0.05) is 19.1 Å². The fourth-order valence-corrected chi connectivity index (χ4v) is 6.01. The molecular formula is C23H34N2O6S. The van der Waals surface area contributed by atoms with Crippen LogP contribution in [0.3, 0.4) is 0 Å². The second-order valence-corrected chi connectivity index (χ2v) is 11.0. The van der Waals surface area contributed by atoms with Crippen molar-refractivity contribution in [3.63, 3.8) is 0 Å². The van der Waals surface area contributed by atoms with Crippen LogP contribution in [0.2, 0.25) is 0 Å². The van der Waals surface area contributed by atoms with Crippen molar-refractivity contribution >= 4 is 21.9 Å². The zero-order valence-corrected chi connectivity index (χ0v) is 20.1. The van der Waals surface area contributed by atoms with Crippen LogP contribution >= 0.6 is 0 Å². The van der Waals surface area contributed by atoms with Crippen molar-refractivity contribution in [2.75, 3.05) is 13.1 Å². The predicted octanol–water partition coefficient (Wildman–Crippen LogP) is 2.72. The summed E-state index contributed by atoms with van der Waals surface area (Å²) in [7, 11) is -3.79. The van der Waals surface area contributed by atoms with Crippen molar-refractivity contribution in [3.05, 3.63) is 29.8 Å². The lowest BCUT2D eigenvalue weighted by Crippen LogP contribution is -2.48. The third kappa shape index (κ3) is 5.88. The first-order valence-electron chi connectivity index (χ1n) is 11.3. The van der Waals surface area contributed by atoms with Gasteiger partial charge in [-0.25, -0.2) is 13.2 Å². The van der Waals surface area contributed by atoms with Crippen molar-refractivity contribution in [2.24, 2.45) is 5.92 Å². The number of nitrogens with zero attached hydrogens (tertiary/aromatic N) is 1. The van der Waals surface area contributed by atoms with Crippen LogP contribution in [-0.2, 0) is 24.3 Å². The Hall–Kier alpha value is -1.97. The fraction of sp³-hybridized carbons (Fsp3) is 0.652. The summed E-state index contributed by atoms with van der Waals surface area (Å²) < 4.78 is 38.5. The lowest BCUT2D eigenvalue weighted by Gasteiger charge is -2.34. The maximum absolute atomic E-state index is 13.1. The molecule has 9 heteroatoms. The highest BCUT2D eigenvalue weighted by atomic mass is 32.2. The summed E-state index contributed by atoms with van der Waals surface area (Å²) >= 11 is 0. The zero-order valence-electron chi connectivity index (χ0n) is 19.2. The van der Waals surface area contributed by atoms with Crippen LogP contribution < -0.4 is 5.32 Å². The van der Waals surface area contributed by atoms with E-state index < -0.39 is 22.1 Å². The van der Waals surface area contributed by atoms with Gasteiger partial charge in [-0.2, -0.15) is 4.31 Å². The molecule has 1 saturated heterocycles. The molecule has 5 atom stereocenters. The van der Waals surface area contributed by atoms with Gasteiger partial charge in [-0.15, -0.1) is 0 Å². The standard InChI is InChI=1S/C23H34N2O6S/c1-15-8-5-6-11-21(15)24-22(26)18(4)31-23(27)19-9-7-10-20(12-19)32(28,29)25-13-16(2)30-17(3)14-25/h7,9-10,12,15-18,21H,5-6,8,11,13-14H2,1-4H3,(H,24,26)/t15-,16-,17+,18-,21+/m0/s1. The van der Waals surface area contributed by atoms with E-state index in [0.717, 1.165) is 19.3 Å². The summed E-state index contributed by atoms with van der Waals surface area (Å²) in [5.74, 6) is -0.676. The highest BCUT2D eigenvalue weighted by molar-refractivity contribution is 7.89. The SMILES string of the molecule is C[C@@H]1CN(S(=O)(=O)c2cccc(C(=O)O[C@@H](C)C(=O)N[C@@H]3CCCC[C@@H]3C)c2)C[C@H](C)O1. The van der Waals surface area contributed by atoms with Crippen LogP contribution in [0, 0.1) is 5.92 Å². The molecule has 1 saturated carbocycles. The lowest BCUT2D eigenvalue weighted by atomic mass is 9.86. The average molecular weight is 467 g/mol. The second kappa shape index (κ2) is 10.3. The molecule has 0 unspecified atom stereocenters. The van der Waals surface area contributed by atoms with Gasteiger partial charge in [-0.3, -0.25) is 4.79 Å². The maximum atomic E-state index is 13.1. The van der Waals surface area contributed by atoms with Gasteiger partial charge in [0.05, 0.1) is 22.7 Å². The van der Waals surface area contributed by atoms with Crippen LogP contribution in [0.4, 0.5) is 0 Å². The topological polar surface area (TPSA) is 102 Å². The van der Waals surface area contributed by atoms with Crippen LogP contribution in [0.5, 0.6) is 0 Å². The molecule has 8 nitrogen and oxygen atoms in total. The first-order valence-corrected chi connectivity index (χ1v) is 12.8. The zero-order chi connectivity index (χ0) is 23.5. The number of benzene rings is 1. The maximum Gasteiger partial charge on any atom is 0.338 e. The number of ether oxygens (including phenoxy) is 2. The minimum Gasteiger partial charge on any atom is -0.449 e. The molecule has 0 aromatic heterocycles. The van der Waals surface area contributed by atoms with Crippen LogP contribution in [0.25, 0.3) is 0 Å². The largest absolute Gasteiger partial charge is 0.449 e. The number of hydrogen-bond donors (Lipinski definition) is 1. The Kier molecular flexibility index (Phi) is 7.95. The van der Waals surface area contributed by atoms with Crippen molar-refractivity contribution in [3.8, 4) is 0 Å². The average Bonchev–Trinajstić information content (AvgIpc) is 2.74. The molecular weight excluding hydrogens is 432 g/mol. The van der Waals surface area contributed by atoms with Crippen molar-refractivity contribution in [1.29, 1.82) is 0 Å². The van der Waals surface area contributed by atoms with Crippen LogP contribution in [-0.4, -0.2) is 62.0 Å². The van der Waals surface area contributed by atoms with E-state index in [9.17, 15) is 18.0 Å². The van der Waals surface area contributed by atoms with E-state index in [1.807, 2.05) is 13.8 Å². The third-order valence-electron chi connectivity index (χ3n) is 6.19. The number of morpholine rings is 1. The van der Waals surface area contributed by atoms with Gasteiger partial charge in [-0.1, -0.05) is 25.8 Å². The van der Waals surface area contributed by atoms with E-state index >= 15 is 0 Å². The van der Waals surface area contributed by atoms with E-state index in [1.54, 1.807) is 0 Å². The Morgan fingerprint density at radius 3 is 2.44 bits per heavy atom. The Morgan fingerprint density at radius 2 is 1.78 bits per heavy atom. The van der Waals surface area contributed by atoms with E-state index in [1.165, 1.54) is 41.9 Å². The smallest absolute Gasteiger partial charge is 0.338 e. The lowest BCUT2D eigenvalue weighted by molar-refractivity contribution is -0.130. The molecule has 1 aliphatic heterocycles. The molecule has 0 radical (unpaired) electrons. The molecule has 1 aromatic rings. The minimum atomic E-state index is -3.79. The van der Waals surface area contributed by atoms with Gasteiger partial charge in [0.1, 0.15) is 0 Å². The van der Waals surface area contributed by atoms with Gasteiger partial charge in [-0.05, 0) is 57.7 Å². The number of nitrogens with one attached hydrogen (secondary N) is 1. The number of amides is 1. The molecule has 2 fully saturated rings. The molecule has 32 heavy (non-hydrogen) atoms.